The van der Waals surface area contributed by atoms with Gasteiger partial charge >= 0.3 is 0 Å². The van der Waals surface area contributed by atoms with Crippen LogP contribution in [0.5, 0.6) is 0 Å². The number of rotatable bonds is 5. The van der Waals surface area contributed by atoms with Crippen molar-refractivity contribution in [1.29, 1.82) is 0 Å². The van der Waals surface area contributed by atoms with Gasteiger partial charge < -0.3 is 10.2 Å². The number of likely N-dealkylation sites (N-methyl/N-ethyl adjacent to an activating group) is 1. The first-order valence-corrected chi connectivity index (χ1v) is 7.71. The molecule has 7 nitrogen and oxygen atoms in total. The Morgan fingerprint density at radius 2 is 2.11 bits per heavy atom. The number of anilines is 1. The SMILES string of the molecule is CNc1ncc(S(=O)(=O)NCC2CCCN2C)cn1. The van der Waals surface area contributed by atoms with Crippen LogP contribution in [0, 0.1) is 0 Å². The Hall–Kier alpha value is -1.25. The monoisotopic (exact) mass is 285 g/mol. The number of hydrogen-bond donors (Lipinski definition) is 2. The molecule has 1 atom stereocenters. The molecule has 0 saturated carbocycles. The molecule has 19 heavy (non-hydrogen) atoms. The van der Waals surface area contributed by atoms with Crippen LogP contribution in [-0.2, 0) is 10.0 Å². The molecule has 0 radical (unpaired) electrons. The Labute approximate surface area is 113 Å². The molecule has 8 heteroatoms. The quantitative estimate of drug-likeness (QED) is 0.785. The van der Waals surface area contributed by atoms with Crippen molar-refractivity contribution in [3.63, 3.8) is 0 Å². The largest absolute Gasteiger partial charge is 0.357 e. The Morgan fingerprint density at radius 3 is 2.63 bits per heavy atom. The Kier molecular flexibility index (Phi) is 4.33. The van der Waals surface area contributed by atoms with Crippen LogP contribution in [0.3, 0.4) is 0 Å². The van der Waals surface area contributed by atoms with Gasteiger partial charge in [-0.3, -0.25) is 0 Å². The van der Waals surface area contributed by atoms with Gasteiger partial charge in [-0.05, 0) is 26.4 Å². The first-order chi connectivity index (χ1) is 9.03. The zero-order valence-electron chi connectivity index (χ0n) is 11.1. The van der Waals surface area contributed by atoms with Gasteiger partial charge in [0, 0.05) is 19.6 Å². The Morgan fingerprint density at radius 1 is 1.42 bits per heavy atom. The van der Waals surface area contributed by atoms with Crippen LogP contribution in [0.15, 0.2) is 17.3 Å². The fourth-order valence-corrected chi connectivity index (χ4v) is 3.07. The third-order valence-corrected chi connectivity index (χ3v) is 4.72. The van der Waals surface area contributed by atoms with Gasteiger partial charge in [0.2, 0.25) is 16.0 Å². The molecule has 1 aliphatic rings. The van der Waals surface area contributed by atoms with E-state index in [2.05, 4.69) is 24.9 Å². The predicted molar refractivity (Wildman–Crippen MR) is 72.4 cm³/mol. The minimum atomic E-state index is -3.53. The third kappa shape index (κ3) is 3.40. The summed E-state index contributed by atoms with van der Waals surface area (Å²) in [5.41, 5.74) is 0. The molecule has 1 aliphatic heterocycles. The zero-order chi connectivity index (χ0) is 13.9. The number of nitrogens with one attached hydrogen (secondary N) is 2. The molecule has 106 valence electrons. The van der Waals surface area contributed by atoms with Gasteiger partial charge in [-0.1, -0.05) is 0 Å². The van der Waals surface area contributed by atoms with E-state index in [4.69, 9.17) is 0 Å². The van der Waals surface area contributed by atoms with Gasteiger partial charge in [-0.2, -0.15) is 0 Å². The van der Waals surface area contributed by atoms with Crippen molar-refractivity contribution >= 4 is 16.0 Å². The third-order valence-electron chi connectivity index (χ3n) is 3.34. The summed E-state index contributed by atoms with van der Waals surface area (Å²) >= 11 is 0. The van der Waals surface area contributed by atoms with Gasteiger partial charge in [-0.15, -0.1) is 0 Å². The molecule has 0 aromatic carbocycles. The van der Waals surface area contributed by atoms with E-state index >= 15 is 0 Å². The van der Waals surface area contributed by atoms with E-state index in [-0.39, 0.29) is 10.9 Å². The summed E-state index contributed by atoms with van der Waals surface area (Å²) in [6.07, 6.45) is 4.75. The van der Waals surface area contributed by atoms with Gasteiger partial charge in [0.15, 0.2) is 0 Å². The van der Waals surface area contributed by atoms with Gasteiger partial charge in [0.25, 0.3) is 0 Å². The maximum atomic E-state index is 12.1. The van der Waals surface area contributed by atoms with Crippen LogP contribution in [0.2, 0.25) is 0 Å². The van der Waals surface area contributed by atoms with E-state index in [0.29, 0.717) is 12.5 Å². The second-order valence-electron chi connectivity index (χ2n) is 4.62. The zero-order valence-corrected chi connectivity index (χ0v) is 11.9. The highest BCUT2D eigenvalue weighted by Gasteiger charge is 2.23. The lowest BCUT2D eigenvalue weighted by molar-refractivity contribution is 0.311. The van der Waals surface area contributed by atoms with Crippen molar-refractivity contribution < 1.29 is 8.42 Å². The van der Waals surface area contributed by atoms with Crippen molar-refractivity contribution in [3.05, 3.63) is 12.4 Å². The first kappa shape index (κ1) is 14.2. The summed E-state index contributed by atoms with van der Waals surface area (Å²) in [6, 6.07) is 0.271. The first-order valence-electron chi connectivity index (χ1n) is 6.22. The Bertz CT molecular complexity index is 516. The molecule has 0 spiro atoms. The van der Waals surface area contributed by atoms with E-state index in [0.717, 1.165) is 19.4 Å². The Balaban J connectivity index is 2.01. The van der Waals surface area contributed by atoms with Crippen molar-refractivity contribution in [3.8, 4) is 0 Å². The van der Waals surface area contributed by atoms with Crippen molar-refractivity contribution in [2.24, 2.45) is 0 Å². The molecule has 1 aromatic heterocycles. The van der Waals surface area contributed by atoms with Crippen molar-refractivity contribution in [2.45, 2.75) is 23.8 Å². The van der Waals surface area contributed by atoms with Crippen molar-refractivity contribution in [1.82, 2.24) is 19.6 Å². The molecule has 0 amide bonds. The fourth-order valence-electron chi connectivity index (χ4n) is 2.11. The van der Waals surface area contributed by atoms with E-state index in [9.17, 15) is 8.42 Å². The molecule has 1 saturated heterocycles. The maximum absolute atomic E-state index is 12.1. The van der Waals surface area contributed by atoms with Crippen LogP contribution in [-0.4, -0.2) is 56.5 Å². The maximum Gasteiger partial charge on any atom is 0.243 e. The van der Waals surface area contributed by atoms with Gasteiger partial charge in [-0.25, -0.2) is 23.1 Å². The second kappa shape index (κ2) is 5.81. The van der Waals surface area contributed by atoms with Crippen LogP contribution in [0.1, 0.15) is 12.8 Å². The lowest BCUT2D eigenvalue weighted by atomic mass is 10.2. The summed E-state index contributed by atoms with van der Waals surface area (Å²) in [7, 11) is 0.163. The molecule has 2 N–H and O–H groups in total. The van der Waals surface area contributed by atoms with Crippen LogP contribution >= 0.6 is 0 Å². The summed E-state index contributed by atoms with van der Waals surface area (Å²) < 4.78 is 26.7. The highest BCUT2D eigenvalue weighted by molar-refractivity contribution is 7.89. The summed E-state index contributed by atoms with van der Waals surface area (Å²) in [4.78, 5) is 10.1. The second-order valence-corrected chi connectivity index (χ2v) is 6.39. The standard InChI is InChI=1S/C11H19N5O2S/c1-12-11-13-7-10(8-14-11)19(17,18)15-6-9-4-3-5-16(9)2/h7-9,15H,3-6H2,1-2H3,(H,12,13,14). The average Bonchev–Trinajstić information content (AvgIpc) is 2.82. The molecule has 0 aliphatic carbocycles. The number of aromatic nitrogens is 2. The number of likely N-dealkylation sites (tertiary alicyclic amines) is 1. The van der Waals surface area contributed by atoms with E-state index < -0.39 is 10.0 Å². The summed E-state index contributed by atoms with van der Waals surface area (Å²) in [5.74, 6) is 0.398. The summed E-state index contributed by atoms with van der Waals surface area (Å²) in [6.45, 7) is 1.44. The number of nitrogens with zero attached hydrogens (tertiary/aromatic N) is 3. The van der Waals surface area contributed by atoms with E-state index in [1.54, 1.807) is 7.05 Å². The molecular formula is C11H19N5O2S. The normalized spacial score (nSPS) is 20.6. The molecule has 1 fully saturated rings. The number of sulfonamides is 1. The predicted octanol–water partition coefficient (Wildman–Crippen LogP) is -0.109. The minimum Gasteiger partial charge on any atom is -0.357 e. The smallest absolute Gasteiger partial charge is 0.243 e. The highest BCUT2D eigenvalue weighted by Crippen LogP contribution is 2.15. The number of hydrogen-bond acceptors (Lipinski definition) is 6. The van der Waals surface area contributed by atoms with E-state index in [1.165, 1.54) is 12.4 Å². The lowest BCUT2D eigenvalue weighted by Gasteiger charge is -2.19. The highest BCUT2D eigenvalue weighted by atomic mass is 32.2. The lowest BCUT2D eigenvalue weighted by Crippen LogP contribution is -2.38. The summed E-state index contributed by atoms with van der Waals surface area (Å²) in [5, 5.41) is 2.74. The van der Waals surface area contributed by atoms with Crippen LogP contribution in [0.4, 0.5) is 5.95 Å². The average molecular weight is 285 g/mol. The molecule has 1 aromatic rings. The van der Waals surface area contributed by atoms with Crippen LogP contribution in [0.25, 0.3) is 0 Å². The minimum absolute atomic E-state index is 0.0900. The fraction of sp³-hybridized carbons (Fsp3) is 0.636. The molecular weight excluding hydrogens is 266 g/mol. The van der Waals surface area contributed by atoms with E-state index in [1.807, 2.05) is 7.05 Å². The molecule has 2 heterocycles. The molecule has 1 unspecified atom stereocenters. The molecule has 2 rings (SSSR count). The van der Waals surface area contributed by atoms with Gasteiger partial charge in [0.1, 0.15) is 4.90 Å². The topological polar surface area (TPSA) is 87.2 Å². The molecule has 0 bridgehead atoms. The van der Waals surface area contributed by atoms with Crippen LogP contribution < -0.4 is 10.0 Å². The van der Waals surface area contributed by atoms with Gasteiger partial charge in [0.05, 0.1) is 12.4 Å². The van der Waals surface area contributed by atoms with Crippen molar-refractivity contribution in [2.75, 3.05) is 32.5 Å².